The Balaban J connectivity index is 1.49. The molecular weight excluding hydrogens is 314 g/mol. The van der Waals surface area contributed by atoms with E-state index in [4.69, 9.17) is 0 Å². The number of para-hydroxylation sites is 1. The second-order valence-electron chi connectivity index (χ2n) is 7.12. The van der Waals surface area contributed by atoms with Gasteiger partial charge in [0.15, 0.2) is 0 Å². The van der Waals surface area contributed by atoms with Crippen LogP contribution in [0.3, 0.4) is 0 Å². The molecule has 1 aliphatic heterocycles. The van der Waals surface area contributed by atoms with Gasteiger partial charge in [0.1, 0.15) is 0 Å². The summed E-state index contributed by atoms with van der Waals surface area (Å²) in [7, 11) is 0. The molecule has 126 valence electrons. The van der Waals surface area contributed by atoms with Crippen molar-refractivity contribution in [2.24, 2.45) is 28.8 Å². The van der Waals surface area contributed by atoms with Crippen molar-refractivity contribution in [2.45, 2.75) is 19.9 Å². The van der Waals surface area contributed by atoms with Crippen molar-refractivity contribution < 1.29 is 9.59 Å². The van der Waals surface area contributed by atoms with Crippen LogP contribution in [-0.2, 0) is 16.1 Å². The van der Waals surface area contributed by atoms with Gasteiger partial charge in [-0.2, -0.15) is 10.1 Å². The van der Waals surface area contributed by atoms with E-state index in [1.165, 1.54) is 0 Å². The summed E-state index contributed by atoms with van der Waals surface area (Å²) >= 11 is 0. The first kappa shape index (κ1) is 14.6. The van der Waals surface area contributed by atoms with Gasteiger partial charge in [-0.05, 0) is 31.2 Å². The second kappa shape index (κ2) is 5.15. The lowest BCUT2D eigenvalue weighted by atomic mass is 9.85. The van der Waals surface area contributed by atoms with Gasteiger partial charge >= 0.3 is 0 Å². The van der Waals surface area contributed by atoms with Crippen molar-refractivity contribution >= 4 is 28.9 Å². The van der Waals surface area contributed by atoms with Gasteiger partial charge in [-0.1, -0.05) is 30.4 Å². The fraction of sp³-hybridized carbons (Fsp3) is 0.350. The number of imide groups is 1. The molecule has 25 heavy (non-hydrogen) atoms. The Bertz CT molecular complexity index is 925. The Morgan fingerprint density at radius 1 is 1.12 bits per heavy atom. The molecule has 2 aliphatic carbocycles. The number of nitrogens with zero attached hydrogens (tertiary/aromatic N) is 3. The molecule has 2 amide bonds. The number of aryl methyl sites for hydroxylation is 1. The van der Waals surface area contributed by atoms with Crippen LogP contribution in [0.5, 0.6) is 0 Å². The third-order valence-corrected chi connectivity index (χ3v) is 5.92. The van der Waals surface area contributed by atoms with Gasteiger partial charge < -0.3 is 4.57 Å². The summed E-state index contributed by atoms with van der Waals surface area (Å²) in [6.45, 7) is 2.94. The summed E-state index contributed by atoms with van der Waals surface area (Å²) in [4.78, 5) is 25.4. The minimum Gasteiger partial charge on any atom is -0.347 e. The van der Waals surface area contributed by atoms with Crippen LogP contribution in [0, 0.1) is 23.7 Å². The fourth-order valence-corrected chi connectivity index (χ4v) is 4.76. The number of carbonyl (C=O) groups is 2. The molecule has 1 aromatic heterocycles. The van der Waals surface area contributed by atoms with E-state index >= 15 is 0 Å². The van der Waals surface area contributed by atoms with Crippen LogP contribution in [-0.4, -0.2) is 27.6 Å². The molecule has 0 N–H and O–H groups in total. The Morgan fingerprint density at radius 2 is 1.80 bits per heavy atom. The molecule has 5 heteroatoms. The molecule has 4 atom stereocenters. The van der Waals surface area contributed by atoms with Gasteiger partial charge in [0.25, 0.3) is 11.8 Å². The summed E-state index contributed by atoms with van der Waals surface area (Å²) in [5.74, 6) is -0.236. The van der Waals surface area contributed by atoms with Crippen molar-refractivity contribution in [1.29, 1.82) is 0 Å². The normalized spacial score (nSPS) is 30.4. The maximum absolute atomic E-state index is 12.7. The smallest absolute Gasteiger partial charge is 0.254 e. The summed E-state index contributed by atoms with van der Waals surface area (Å²) in [6.07, 6.45) is 8.80. The van der Waals surface area contributed by atoms with Gasteiger partial charge in [-0.15, -0.1) is 0 Å². The number of allylic oxidation sites excluding steroid dienone is 2. The number of aromatic nitrogens is 1. The predicted octanol–water partition coefficient (Wildman–Crippen LogP) is 2.80. The van der Waals surface area contributed by atoms with E-state index in [2.05, 4.69) is 34.8 Å². The topological polar surface area (TPSA) is 54.7 Å². The third kappa shape index (κ3) is 1.92. The molecule has 3 aliphatic rings. The third-order valence-electron chi connectivity index (χ3n) is 5.92. The van der Waals surface area contributed by atoms with Gasteiger partial charge in [-0.25, -0.2) is 0 Å². The minimum atomic E-state index is -0.198. The van der Waals surface area contributed by atoms with Crippen LogP contribution in [0.4, 0.5) is 0 Å². The average Bonchev–Trinajstić information content (AvgIpc) is 3.37. The largest absolute Gasteiger partial charge is 0.347 e. The van der Waals surface area contributed by atoms with Gasteiger partial charge in [0.2, 0.25) is 0 Å². The zero-order valence-electron chi connectivity index (χ0n) is 14.0. The molecular formula is C20H19N3O2. The number of amides is 2. The van der Waals surface area contributed by atoms with Gasteiger partial charge in [0, 0.05) is 29.2 Å². The molecule has 0 unspecified atom stereocenters. The molecule has 0 radical (unpaired) electrons. The average molecular weight is 333 g/mol. The Labute approximate surface area is 145 Å². The fourth-order valence-electron chi connectivity index (χ4n) is 4.76. The molecule has 5 nitrogen and oxygen atoms in total. The standard InChI is InChI=1S/C20H19N3O2/c1-2-22-11-14(15-5-3-4-6-16(15)22)10-21-23-19(24)17-12-7-8-13(9-12)18(17)20(23)25/h3-8,10-13,17-18H,2,9H2,1H3/b21-10-/t12-,13-,17+,18+/m0/s1. The molecule has 1 saturated heterocycles. The van der Waals surface area contributed by atoms with E-state index in [-0.39, 0.29) is 35.5 Å². The minimum absolute atomic E-state index is 0.137. The van der Waals surface area contributed by atoms with Crippen molar-refractivity contribution in [3.63, 3.8) is 0 Å². The Morgan fingerprint density at radius 3 is 2.48 bits per heavy atom. The number of hydrogen-bond donors (Lipinski definition) is 0. The first-order valence-corrected chi connectivity index (χ1v) is 8.87. The van der Waals surface area contributed by atoms with E-state index in [1.54, 1.807) is 6.21 Å². The first-order chi connectivity index (χ1) is 12.2. The summed E-state index contributed by atoms with van der Waals surface area (Å²) in [5, 5.41) is 6.49. The van der Waals surface area contributed by atoms with Crippen LogP contribution < -0.4 is 0 Å². The number of carbonyl (C=O) groups excluding carboxylic acids is 2. The molecule has 1 aromatic carbocycles. The van der Waals surface area contributed by atoms with Crippen LogP contribution in [0.2, 0.25) is 0 Å². The lowest BCUT2D eigenvalue weighted by Crippen LogP contribution is -2.28. The van der Waals surface area contributed by atoms with Crippen LogP contribution in [0.15, 0.2) is 47.7 Å². The summed E-state index contributed by atoms with van der Waals surface area (Å²) in [5.41, 5.74) is 2.06. The number of benzene rings is 1. The van der Waals surface area contributed by atoms with E-state index in [9.17, 15) is 9.59 Å². The highest BCUT2D eigenvalue weighted by Gasteiger charge is 2.59. The molecule has 0 spiro atoms. The number of rotatable bonds is 3. The van der Waals surface area contributed by atoms with Crippen molar-refractivity contribution in [3.8, 4) is 0 Å². The second-order valence-corrected chi connectivity index (χ2v) is 7.12. The number of hydrogen-bond acceptors (Lipinski definition) is 3. The summed E-state index contributed by atoms with van der Waals surface area (Å²) < 4.78 is 2.14. The first-order valence-electron chi connectivity index (χ1n) is 8.87. The van der Waals surface area contributed by atoms with Gasteiger partial charge in [0.05, 0.1) is 18.1 Å². The molecule has 2 heterocycles. The molecule has 5 rings (SSSR count). The van der Waals surface area contributed by atoms with Crippen molar-refractivity contribution in [3.05, 3.63) is 48.2 Å². The highest BCUT2D eigenvalue weighted by atomic mass is 16.2. The number of hydrazone groups is 1. The summed E-state index contributed by atoms with van der Waals surface area (Å²) in [6, 6.07) is 8.10. The van der Waals surface area contributed by atoms with Gasteiger partial charge in [-0.3, -0.25) is 9.59 Å². The van der Waals surface area contributed by atoms with Crippen LogP contribution in [0.1, 0.15) is 18.9 Å². The lowest BCUT2D eigenvalue weighted by molar-refractivity contribution is -0.140. The monoisotopic (exact) mass is 333 g/mol. The highest BCUT2D eigenvalue weighted by Crippen LogP contribution is 2.52. The molecule has 2 bridgehead atoms. The lowest BCUT2D eigenvalue weighted by Gasteiger charge is -2.13. The van der Waals surface area contributed by atoms with Crippen molar-refractivity contribution in [2.75, 3.05) is 0 Å². The van der Waals surface area contributed by atoms with Crippen LogP contribution >= 0.6 is 0 Å². The Kier molecular flexibility index (Phi) is 3.02. The highest BCUT2D eigenvalue weighted by molar-refractivity contribution is 6.07. The van der Waals surface area contributed by atoms with E-state index in [1.807, 2.05) is 24.4 Å². The maximum Gasteiger partial charge on any atom is 0.254 e. The van der Waals surface area contributed by atoms with Crippen molar-refractivity contribution in [1.82, 2.24) is 9.58 Å². The van der Waals surface area contributed by atoms with Crippen LogP contribution in [0.25, 0.3) is 10.9 Å². The SMILES string of the molecule is CCn1cc(/C=N\N2C(=O)[C@H]3[C@H](C2=O)[C@H]2C=C[C@H]3C2)c2ccccc21. The van der Waals surface area contributed by atoms with E-state index in [0.29, 0.717) is 0 Å². The number of fused-ring (bicyclic) bond motifs is 6. The predicted molar refractivity (Wildman–Crippen MR) is 94.8 cm³/mol. The maximum atomic E-state index is 12.7. The quantitative estimate of drug-likeness (QED) is 0.493. The van der Waals surface area contributed by atoms with E-state index < -0.39 is 0 Å². The molecule has 2 aromatic rings. The zero-order chi connectivity index (χ0) is 17.1. The molecule has 1 saturated carbocycles. The zero-order valence-corrected chi connectivity index (χ0v) is 14.0. The Hall–Kier alpha value is -2.69. The van der Waals surface area contributed by atoms with E-state index in [0.717, 1.165) is 34.4 Å². The molecule has 2 fully saturated rings.